The Morgan fingerprint density at radius 2 is 1.30 bits per heavy atom. The molecular weight excluding hydrogens is 284 g/mol. The first kappa shape index (κ1) is 17.0. The lowest BCUT2D eigenvalue weighted by Crippen LogP contribution is -2.36. The molecular formula is C21H32O2. The number of ether oxygens (including phenoxy) is 2. The Bertz CT molecular complexity index is 601. The molecule has 1 aliphatic heterocycles. The van der Waals surface area contributed by atoms with Gasteiger partial charge in [0.05, 0.1) is 13.2 Å². The number of fused-ring (bicyclic) bond motifs is 1. The molecule has 1 aliphatic carbocycles. The molecule has 0 atom stereocenters. The van der Waals surface area contributed by atoms with E-state index in [0.717, 1.165) is 13.2 Å². The first-order valence-electron chi connectivity index (χ1n) is 8.91. The molecule has 0 amide bonds. The third-order valence-electron chi connectivity index (χ3n) is 5.74. The summed E-state index contributed by atoms with van der Waals surface area (Å²) in [5.74, 6) is 0. The third kappa shape index (κ3) is 3.08. The van der Waals surface area contributed by atoms with E-state index >= 15 is 0 Å². The SMILES string of the molecule is Cc1cc2c(cc1C1OCC(C)(C)CO1)C(C)(C)CCC2(C)C. The summed E-state index contributed by atoms with van der Waals surface area (Å²) in [5, 5.41) is 0. The van der Waals surface area contributed by atoms with Gasteiger partial charge in [0.2, 0.25) is 0 Å². The average molecular weight is 316 g/mol. The molecule has 0 N–H and O–H groups in total. The van der Waals surface area contributed by atoms with Gasteiger partial charge in [-0.2, -0.15) is 0 Å². The monoisotopic (exact) mass is 316 g/mol. The highest BCUT2D eigenvalue weighted by Gasteiger charge is 2.38. The predicted octanol–water partition coefficient (Wildman–Crippen LogP) is 5.42. The van der Waals surface area contributed by atoms with Gasteiger partial charge in [-0.15, -0.1) is 0 Å². The van der Waals surface area contributed by atoms with Crippen molar-refractivity contribution in [3.63, 3.8) is 0 Å². The quantitative estimate of drug-likeness (QED) is 0.689. The highest BCUT2D eigenvalue weighted by Crippen LogP contribution is 2.47. The molecule has 0 spiro atoms. The van der Waals surface area contributed by atoms with Gasteiger partial charge in [-0.3, -0.25) is 0 Å². The van der Waals surface area contributed by atoms with Gasteiger partial charge < -0.3 is 9.47 Å². The van der Waals surface area contributed by atoms with E-state index in [-0.39, 0.29) is 22.5 Å². The fraction of sp³-hybridized carbons (Fsp3) is 0.714. The van der Waals surface area contributed by atoms with Gasteiger partial charge >= 0.3 is 0 Å². The van der Waals surface area contributed by atoms with Gasteiger partial charge in [0.15, 0.2) is 6.29 Å². The number of rotatable bonds is 1. The van der Waals surface area contributed by atoms with Crippen molar-refractivity contribution in [3.8, 4) is 0 Å². The predicted molar refractivity (Wildman–Crippen MR) is 94.9 cm³/mol. The van der Waals surface area contributed by atoms with Gasteiger partial charge in [0, 0.05) is 11.0 Å². The van der Waals surface area contributed by atoms with Crippen molar-refractivity contribution in [3.05, 3.63) is 34.4 Å². The molecule has 1 aromatic carbocycles. The first-order valence-corrected chi connectivity index (χ1v) is 8.91. The van der Waals surface area contributed by atoms with E-state index in [1.54, 1.807) is 0 Å². The van der Waals surface area contributed by atoms with E-state index in [1.807, 2.05) is 0 Å². The lowest BCUT2D eigenvalue weighted by molar-refractivity contribution is -0.226. The molecule has 0 radical (unpaired) electrons. The van der Waals surface area contributed by atoms with Gasteiger partial charge in [0.25, 0.3) is 0 Å². The van der Waals surface area contributed by atoms with E-state index < -0.39 is 0 Å². The van der Waals surface area contributed by atoms with E-state index in [2.05, 4.69) is 60.6 Å². The van der Waals surface area contributed by atoms with Crippen LogP contribution in [0.15, 0.2) is 12.1 Å². The molecule has 0 bridgehead atoms. The maximum absolute atomic E-state index is 6.05. The van der Waals surface area contributed by atoms with Crippen LogP contribution >= 0.6 is 0 Å². The summed E-state index contributed by atoms with van der Waals surface area (Å²) < 4.78 is 12.1. The Morgan fingerprint density at radius 1 is 0.826 bits per heavy atom. The van der Waals surface area contributed by atoms with Crippen molar-refractivity contribution in [1.82, 2.24) is 0 Å². The fourth-order valence-electron chi connectivity index (χ4n) is 3.86. The molecule has 1 heterocycles. The minimum Gasteiger partial charge on any atom is -0.348 e. The van der Waals surface area contributed by atoms with Crippen molar-refractivity contribution in [2.24, 2.45) is 5.41 Å². The van der Waals surface area contributed by atoms with E-state index in [1.165, 1.54) is 35.1 Å². The summed E-state index contributed by atoms with van der Waals surface area (Å²) in [6, 6.07) is 4.76. The summed E-state index contributed by atoms with van der Waals surface area (Å²) in [4.78, 5) is 0. The molecule has 128 valence electrons. The summed E-state index contributed by atoms with van der Waals surface area (Å²) in [5.41, 5.74) is 6.08. The second-order valence-electron chi connectivity index (χ2n) is 9.64. The molecule has 3 rings (SSSR count). The highest BCUT2D eigenvalue weighted by molar-refractivity contribution is 5.47. The maximum Gasteiger partial charge on any atom is 0.184 e. The van der Waals surface area contributed by atoms with Crippen molar-refractivity contribution in [2.45, 2.75) is 78.4 Å². The summed E-state index contributed by atoms with van der Waals surface area (Å²) in [6.45, 7) is 17.6. The Labute approximate surface area is 141 Å². The van der Waals surface area contributed by atoms with Crippen LogP contribution in [0.1, 0.15) is 82.9 Å². The smallest absolute Gasteiger partial charge is 0.184 e. The standard InChI is InChI=1S/C21H32O2/c1-14-10-16-17(21(6,7)9-8-20(16,4)5)11-15(14)18-22-12-19(2,3)13-23-18/h10-11,18H,8-9,12-13H2,1-7H3. The van der Waals surface area contributed by atoms with Crippen molar-refractivity contribution < 1.29 is 9.47 Å². The van der Waals surface area contributed by atoms with Crippen LogP contribution in [-0.2, 0) is 20.3 Å². The molecule has 1 fully saturated rings. The number of hydrogen-bond acceptors (Lipinski definition) is 2. The fourth-order valence-corrected chi connectivity index (χ4v) is 3.86. The molecule has 2 nitrogen and oxygen atoms in total. The third-order valence-corrected chi connectivity index (χ3v) is 5.74. The Balaban J connectivity index is 2.01. The lowest BCUT2D eigenvalue weighted by atomic mass is 9.62. The van der Waals surface area contributed by atoms with E-state index in [0.29, 0.717) is 0 Å². The van der Waals surface area contributed by atoms with Gasteiger partial charge in [0.1, 0.15) is 0 Å². The van der Waals surface area contributed by atoms with Gasteiger partial charge in [-0.1, -0.05) is 47.6 Å². The highest BCUT2D eigenvalue weighted by atomic mass is 16.7. The Morgan fingerprint density at radius 3 is 1.83 bits per heavy atom. The van der Waals surface area contributed by atoms with Crippen LogP contribution < -0.4 is 0 Å². The minimum atomic E-state index is -0.214. The summed E-state index contributed by atoms with van der Waals surface area (Å²) >= 11 is 0. The maximum atomic E-state index is 6.05. The topological polar surface area (TPSA) is 18.5 Å². The van der Waals surface area contributed by atoms with Crippen LogP contribution in [0.5, 0.6) is 0 Å². The largest absolute Gasteiger partial charge is 0.348 e. The zero-order valence-corrected chi connectivity index (χ0v) is 15.9. The number of benzene rings is 1. The second-order valence-corrected chi connectivity index (χ2v) is 9.64. The van der Waals surface area contributed by atoms with Crippen LogP contribution in [0.3, 0.4) is 0 Å². The lowest BCUT2D eigenvalue weighted by Gasteiger charge is -2.43. The van der Waals surface area contributed by atoms with Crippen LogP contribution in [0.4, 0.5) is 0 Å². The second kappa shape index (κ2) is 5.32. The number of aryl methyl sites for hydroxylation is 1. The average Bonchev–Trinajstić information content (AvgIpc) is 2.44. The van der Waals surface area contributed by atoms with E-state index in [4.69, 9.17) is 9.47 Å². The van der Waals surface area contributed by atoms with Gasteiger partial charge in [-0.05, 0) is 53.4 Å². The van der Waals surface area contributed by atoms with Crippen LogP contribution in [0.2, 0.25) is 0 Å². The van der Waals surface area contributed by atoms with Crippen LogP contribution in [-0.4, -0.2) is 13.2 Å². The normalized spacial score (nSPS) is 25.9. The molecule has 0 aromatic heterocycles. The van der Waals surface area contributed by atoms with E-state index in [9.17, 15) is 0 Å². The van der Waals surface area contributed by atoms with Crippen LogP contribution in [0, 0.1) is 12.3 Å². The molecule has 1 saturated heterocycles. The van der Waals surface area contributed by atoms with Crippen molar-refractivity contribution >= 4 is 0 Å². The van der Waals surface area contributed by atoms with Crippen molar-refractivity contribution in [2.75, 3.05) is 13.2 Å². The molecule has 1 aromatic rings. The van der Waals surface area contributed by atoms with Crippen molar-refractivity contribution in [1.29, 1.82) is 0 Å². The summed E-state index contributed by atoms with van der Waals surface area (Å²) in [6.07, 6.45) is 2.26. The molecule has 2 heteroatoms. The molecule has 0 unspecified atom stereocenters. The zero-order valence-electron chi connectivity index (χ0n) is 15.9. The summed E-state index contributed by atoms with van der Waals surface area (Å²) in [7, 11) is 0. The Kier molecular flexibility index (Phi) is 3.93. The first-order chi connectivity index (χ1) is 10.5. The number of hydrogen-bond donors (Lipinski definition) is 0. The van der Waals surface area contributed by atoms with Gasteiger partial charge in [-0.25, -0.2) is 0 Å². The minimum absolute atomic E-state index is 0.111. The van der Waals surface area contributed by atoms with Crippen LogP contribution in [0.25, 0.3) is 0 Å². The molecule has 23 heavy (non-hydrogen) atoms. The molecule has 2 aliphatic rings. The Hall–Kier alpha value is -0.860. The molecule has 0 saturated carbocycles. The zero-order chi connectivity index (χ0) is 17.0.